The van der Waals surface area contributed by atoms with E-state index in [-0.39, 0.29) is 11.6 Å². The summed E-state index contributed by atoms with van der Waals surface area (Å²) in [6.07, 6.45) is 0.898. The largest absolute Gasteiger partial charge is 0.493 e. The van der Waals surface area contributed by atoms with E-state index < -0.39 is 0 Å². The third-order valence-electron chi connectivity index (χ3n) is 4.73. The first-order chi connectivity index (χ1) is 11.6. The molecule has 6 heteroatoms. The van der Waals surface area contributed by atoms with Crippen molar-refractivity contribution < 1.29 is 5.11 Å². The molecular formula is C18H18N4O2. The minimum absolute atomic E-state index is 0.0613. The van der Waals surface area contributed by atoms with Gasteiger partial charge in [-0.05, 0) is 59.1 Å². The van der Waals surface area contributed by atoms with E-state index in [0.717, 1.165) is 41.7 Å². The summed E-state index contributed by atoms with van der Waals surface area (Å²) in [5.41, 5.74) is 11.9. The number of hydrogen-bond acceptors (Lipinski definition) is 5. The number of likely N-dealkylation sites (N-methyl/N-ethyl adjacent to an activating group) is 1. The van der Waals surface area contributed by atoms with Crippen molar-refractivity contribution in [2.24, 2.45) is 5.18 Å². The Bertz CT molecular complexity index is 961. The van der Waals surface area contributed by atoms with Crippen LogP contribution >= 0.6 is 0 Å². The number of H-pyrrole nitrogens is 1. The highest BCUT2D eigenvalue weighted by molar-refractivity contribution is 6.00. The molecule has 4 N–H and O–H groups in total. The van der Waals surface area contributed by atoms with E-state index in [1.54, 1.807) is 0 Å². The molecule has 0 fully saturated rings. The van der Waals surface area contributed by atoms with Crippen LogP contribution in [0.1, 0.15) is 11.1 Å². The summed E-state index contributed by atoms with van der Waals surface area (Å²) in [5, 5.41) is 13.7. The highest BCUT2D eigenvalue weighted by Crippen LogP contribution is 2.43. The van der Waals surface area contributed by atoms with Crippen molar-refractivity contribution in [2.45, 2.75) is 13.0 Å². The number of nitrogens with zero attached hydrogens (tertiary/aromatic N) is 2. The Morgan fingerprint density at radius 1 is 1.29 bits per heavy atom. The molecule has 0 bridgehead atoms. The number of rotatable bonds is 2. The maximum Gasteiger partial charge on any atom is 0.219 e. The fraction of sp³-hybridized carbons (Fsp3) is 0.222. The predicted molar refractivity (Wildman–Crippen MR) is 95.3 cm³/mol. The lowest BCUT2D eigenvalue weighted by Gasteiger charge is -2.27. The number of nitrogens with one attached hydrogen (secondary N) is 1. The molecule has 6 nitrogen and oxygen atoms in total. The SMILES string of the molecule is CN1CCc2c(-c3cccc(N)c3)cc3c(N=O)c(O)[nH]c3c2C1. The molecule has 0 unspecified atom stereocenters. The quantitative estimate of drug-likeness (QED) is 0.497. The lowest BCUT2D eigenvalue weighted by atomic mass is 9.88. The summed E-state index contributed by atoms with van der Waals surface area (Å²) in [5.74, 6) is -0.180. The van der Waals surface area contributed by atoms with E-state index in [0.29, 0.717) is 11.1 Å². The predicted octanol–water partition coefficient (Wildman–Crippen LogP) is 3.51. The Hall–Kier alpha value is -2.86. The molecule has 1 aliphatic heterocycles. The summed E-state index contributed by atoms with van der Waals surface area (Å²) >= 11 is 0. The van der Waals surface area contributed by atoms with Crippen molar-refractivity contribution in [1.82, 2.24) is 9.88 Å². The Kier molecular flexibility index (Phi) is 3.28. The average molecular weight is 322 g/mol. The molecule has 24 heavy (non-hydrogen) atoms. The van der Waals surface area contributed by atoms with Crippen LogP contribution in [0.3, 0.4) is 0 Å². The van der Waals surface area contributed by atoms with Crippen molar-refractivity contribution in [3.63, 3.8) is 0 Å². The molecule has 0 amide bonds. The van der Waals surface area contributed by atoms with Crippen LogP contribution in [-0.4, -0.2) is 28.6 Å². The molecule has 1 aliphatic rings. The summed E-state index contributed by atoms with van der Waals surface area (Å²) in [6.45, 7) is 1.71. The fourth-order valence-electron chi connectivity index (χ4n) is 3.58. The van der Waals surface area contributed by atoms with Gasteiger partial charge in [-0.15, -0.1) is 4.91 Å². The zero-order chi connectivity index (χ0) is 16.8. The summed E-state index contributed by atoms with van der Waals surface area (Å²) in [6, 6.07) is 9.64. The number of aromatic hydroxyl groups is 1. The zero-order valence-corrected chi connectivity index (χ0v) is 13.3. The van der Waals surface area contributed by atoms with Crippen LogP contribution < -0.4 is 5.73 Å². The van der Waals surface area contributed by atoms with Gasteiger partial charge in [-0.3, -0.25) is 0 Å². The van der Waals surface area contributed by atoms with Crippen molar-refractivity contribution in [3.05, 3.63) is 46.4 Å². The number of benzene rings is 2. The van der Waals surface area contributed by atoms with Gasteiger partial charge in [0, 0.05) is 24.2 Å². The summed E-state index contributed by atoms with van der Waals surface area (Å²) < 4.78 is 0. The molecule has 2 heterocycles. The van der Waals surface area contributed by atoms with E-state index >= 15 is 0 Å². The van der Waals surface area contributed by atoms with Crippen LogP contribution in [-0.2, 0) is 13.0 Å². The molecule has 3 aromatic rings. The first kappa shape index (κ1) is 14.7. The smallest absolute Gasteiger partial charge is 0.219 e. The van der Waals surface area contributed by atoms with Gasteiger partial charge >= 0.3 is 0 Å². The molecule has 4 rings (SSSR count). The van der Waals surface area contributed by atoms with Gasteiger partial charge in [0.15, 0.2) is 5.69 Å². The van der Waals surface area contributed by atoms with Gasteiger partial charge in [0.25, 0.3) is 0 Å². The van der Waals surface area contributed by atoms with Crippen LogP contribution in [0.2, 0.25) is 0 Å². The van der Waals surface area contributed by atoms with E-state index in [2.05, 4.69) is 22.1 Å². The first-order valence-corrected chi connectivity index (χ1v) is 7.85. The number of anilines is 1. The number of nitrogen functional groups attached to an aromatic ring is 1. The van der Waals surface area contributed by atoms with Crippen molar-refractivity contribution in [3.8, 4) is 17.0 Å². The normalized spacial score (nSPS) is 14.7. The van der Waals surface area contributed by atoms with Crippen LogP contribution in [0.15, 0.2) is 35.5 Å². The van der Waals surface area contributed by atoms with Crippen molar-refractivity contribution in [1.29, 1.82) is 0 Å². The number of nitroso groups, excluding NO2 is 1. The molecular weight excluding hydrogens is 304 g/mol. The molecule has 0 spiro atoms. The first-order valence-electron chi connectivity index (χ1n) is 7.85. The molecule has 122 valence electrons. The standard InChI is InChI=1S/C18H18N4O2/c1-22-6-5-12-13(10-3-2-4-11(19)7-10)8-14-16(15(12)9-22)20-18(23)17(14)21-24/h2-4,7-8,20,23H,5-6,9,19H2,1H3. The van der Waals surface area contributed by atoms with Crippen LogP contribution in [0, 0.1) is 4.91 Å². The molecule has 0 saturated heterocycles. The fourth-order valence-corrected chi connectivity index (χ4v) is 3.58. The van der Waals surface area contributed by atoms with Gasteiger partial charge in [0.1, 0.15) is 0 Å². The van der Waals surface area contributed by atoms with E-state index in [9.17, 15) is 10.0 Å². The van der Waals surface area contributed by atoms with Crippen LogP contribution in [0.4, 0.5) is 11.4 Å². The van der Waals surface area contributed by atoms with E-state index in [4.69, 9.17) is 5.73 Å². The molecule has 0 atom stereocenters. The van der Waals surface area contributed by atoms with Gasteiger partial charge in [-0.2, -0.15) is 0 Å². The van der Waals surface area contributed by atoms with E-state index in [1.165, 1.54) is 5.56 Å². The number of aromatic nitrogens is 1. The van der Waals surface area contributed by atoms with Crippen molar-refractivity contribution >= 4 is 22.3 Å². The molecule has 1 aromatic heterocycles. The second kappa shape index (κ2) is 5.35. The Morgan fingerprint density at radius 3 is 2.88 bits per heavy atom. The second-order valence-corrected chi connectivity index (χ2v) is 6.33. The highest BCUT2D eigenvalue weighted by atomic mass is 16.3. The lowest BCUT2D eigenvalue weighted by Crippen LogP contribution is -2.27. The number of fused-ring (bicyclic) bond motifs is 3. The van der Waals surface area contributed by atoms with Crippen LogP contribution in [0.25, 0.3) is 22.0 Å². The van der Waals surface area contributed by atoms with Crippen LogP contribution in [0.5, 0.6) is 5.88 Å². The third kappa shape index (κ3) is 2.15. The van der Waals surface area contributed by atoms with Gasteiger partial charge < -0.3 is 20.7 Å². The zero-order valence-electron chi connectivity index (χ0n) is 13.3. The summed E-state index contributed by atoms with van der Waals surface area (Å²) in [7, 11) is 2.06. The Morgan fingerprint density at radius 2 is 2.12 bits per heavy atom. The van der Waals surface area contributed by atoms with E-state index in [1.807, 2.05) is 30.3 Å². The highest BCUT2D eigenvalue weighted by Gasteiger charge is 2.24. The van der Waals surface area contributed by atoms with Gasteiger partial charge in [-0.1, -0.05) is 12.1 Å². The van der Waals surface area contributed by atoms with Gasteiger partial charge in [-0.25, -0.2) is 0 Å². The Balaban J connectivity index is 2.08. The number of aromatic amines is 1. The minimum Gasteiger partial charge on any atom is -0.493 e. The molecule has 0 radical (unpaired) electrons. The second-order valence-electron chi connectivity index (χ2n) is 6.33. The van der Waals surface area contributed by atoms with Crippen molar-refractivity contribution in [2.75, 3.05) is 19.3 Å². The summed E-state index contributed by atoms with van der Waals surface area (Å²) in [4.78, 5) is 16.3. The Labute approximate surface area is 138 Å². The molecule has 0 saturated carbocycles. The third-order valence-corrected chi connectivity index (χ3v) is 4.73. The molecule has 2 aromatic carbocycles. The van der Waals surface area contributed by atoms with Gasteiger partial charge in [0.2, 0.25) is 5.88 Å². The maximum atomic E-state index is 11.2. The number of nitrogens with two attached hydrogens (primary N) is 1. The minimum atomic E-state index is -0.180. The average Bonchev–Trinajstić information content (AvgIpc) is 2.89. The van der Waals surface area contributed by atoms with Gasteiger partial charge in [0.05, 0.1) is 5.52 Å². The maximum absolute atomic E-state index is 11.2. The monoisotopic (exact) mass is 322 g/mol. The topological polar surface area (TPSA) is 94.7 Å². The number of hydrogen-bond donors (Lipinski definition) is 3. The lowest BCUT2D eigenvalue weighted by molar-refractivity contribution is 0.314. The molecule has 0 aliphatic carbocycles.